The molecule has 0 radical (unpaired) electrons. The van der Waals surface area contributed by atoms with Crippen LogP contribution in [-0.2, 0) is 9.59 Å². The first kappa shape index (κ1) is 12.6. The van der Waals surface area contributed by atoms with Gasteiger partial charge in [-0.1, -0.05) is 19.3 Å². The Hall–Kier alpha value is -0.860. The second-order valence-corrected chi connectivity index (χ2v) is 5.91. The summed E-state index contributed by atoms with van der Waals surface area (Å²) in [6.45, 7) is 4.55. The number of Topliss-reactive ketones (excluding diaryl/α,β-unsaturated/α-hetero) is 1. The molecule has 2 rings (SSSR count). The highest BCUT2D eigenvalue weighted by Gasteiger charge is 2.41. The van der Waals surface area contributed by atoms with Gasteiger partial charge in [0.25, 0.3) is 0 Å². The number of nitrogens with zero attached hydrogens (tertiary/aromatic N) is 1. The molecule has 1 aliphatic carbocycles. The first-order valence-corrected chi connectivity index (χ1v) is 6.88. The van der Waals surface area contributed by atoms with Crippen LogP contribution in [0.3, 0.4) is 0 Å². The molecule has 17 heavy (non-hydrogen) atoms. The molecule has 1 saturated heterocycles. The van der Waals surface area contributed by atoms with E-state index in [0.29, 0.717) is 6.42 Å². The Kier molecular flexibility index (Phi) is 3.55. The Labute approximate surface area is 104 Å². The molecule has 2 aliphatic rings. The quantitative estimate of drug-likeness (QED) is 0.703. The highest BCUT2D eigenvalue weighted by molar-refractivity contribution is 5.93. The molecule has 1 aliphatic heterocycles. The summed E-state index contributed by atoms with van der Waals surface area (Å²) in [4.78, 5) is 26.2. The van der Waals surface area contributed by atoms with Crippen LogP contribution in [0.25, 0.3) is 0 Å². The first-order chi connectivity index (χ1) is 8.03. The zero-order valence-corrected chi connectivity index (χ0v) is 11.0. The Morgan fingerprint density at radius 3 is 2.47 bits per heavy atom. The van der Waals surface area contributed by atoms with Gasteiger partial charge in [-0.25, -0.2) is 0 Å². The van der Waals surface area contributed by atoms with Gasteiger partial charge in [0.15, 0.2) is 5.78 Å². The van der Waals surface area contributed by atoms with Gasteiger partial charge in [0.1, 0.15) is 0 Å². The lowest BCUT2D eigenvalue weighted by molar-refractivity contribution is -0.151. The van der Waals surface area contributed by atoms with E-state index < -0.39 is 5.54 Å². The van der Waals surface area contributed by atoms with Gasteiger partial charge in [-0.15, -0.1) is 0 Å². The minimum absolute atomic E-state index is 0.175. The Morgan fingerprint density at radius 1 is 1.18 bits per heavy atom. The van der Waals surface area contributed by atoms with Gasteiger partial charge in [0.2, 0.25) is 5.91 Å². The molecule has 0 aromatic heterocycles. The molecule has 0 bridgehead atoms. The van der Waals surface area contributed by atoms with Crippen molar-refractivity contribution in [1.82, 2.24) is 4.90 Å². The average molecular weight is 237 g/mol. The number of carbonyl (C=O) groups is 2. The number of hydrogen-bond acceptors (Lipinski definition) is 2. The lowest BCUT2D eigenvalue weighted by Gasteiger charge is -2.43. The van der Waals surface area contributed by atoms with Crippen LogP contribution in [0.15, 0.2) is 0 Å². The lowest BCUT2D eigenvalue weighted by atomic mass is 9.84. The second-order valence-electron chi connectivity index (χ2n) is 5.91. The largest absolute Gasteiger partial charge is 0.330 e. The third kappa shape index (κ3) is 2.38. The van der Waals surface area contributed by atoms with Crippen molar-refractivity contribution in [2.45, 2.75) is 64.3 Å². The molecule has 0 N–H and O–H groups in total. The highest BCUT2D eigenvalue weighted by atomic mass is 16.2. The van der Waals surface area contributed by atoms with Crippen molar-refractivity contribution >= 4 is 11.7 Å². The Bertz CT molecular complexity index is 316. The zero-order chi connectivity index (χ0) is 12.5. The number of amides is 1. The van der Waals surface area contributed by atoms with Gasteiger partial charge < -0.3 is 4.90 Å². The summed E-state index contributed by atoms with van der Waals surface area (Å²) in [6.07, 6.45) is 7.07. The minimum Gasteiger partial charge on any atom is -0.330 e. The molecule has 1 heterocycles. The topological polar surface area (TPSA) is 37.4 Å². The molecule has 96 valence electrons. The summed E-state index contributed by atoms with van der Waals surface area (Å²) in [5.74, 6) is 0.615. The van der Waals surface area contributed by atoms with E-state index in [1.54, 1.807) is 0 Å². The molecule has 1 saturated carbocycles. The number of carbonyl (C=O) groups excluding carboxylic acids is 2. The number of rotatable bonds is 1. The Morgan fingerprint density at radius 2 is 1.82 bits per heavy atom. The van der Waals surface area contributed by atoms with E-state index in [1.807, 2.05) is 18.7 Å². The summed E-state index contributed by atoms with van der Waals surface area (Å²) in [5.41, 5.74) is -0.577. The van der Waals surface area contributed by atoms with Gasteiger partial charge in [-0.3, -0.25) is 9.59 Å². The van der Waals surface area contributed by atoms with Gasteiger partial charge in [0.05, 0.1) is 5.54 Å². The predicted molar refractivity (Wildman–Crippen MR) is 66.6 cm³/mol. The molecular weight excluding hydrogens is 214 g/mol. The van der Waals surface area contributed by atoms with Crippen LogP contribution in [0.4, 0.5) is 0 Å². The summed E-state index contributed by atoms with van der Waals surface area (Å²) >= 11 is 0. The molecule has 0 aromatic rings. The highest BCUT2D eigenvalue weighted by Crippen LogP contribution is 2.31. The van der Waals surface area contributed by atoms with Crippen LogP contribution in [0.2, 0.25) is 0 Å². The molecular formula is C14H23NO2. The molecule has 0 spiro atoms. The van der Waals surface area contributed by atoms with E-state index in [1.165, 1.54) is 19.3 Å². The maximum atomic E-state index is 12.5. The molecule has 0 aromatic carbocycles. The second kappa shape index (κ2) is 4.79. The van der Waals surface area contributed by atoms with E-state index in [0.717, 1.165) is 25.8 Å². The van der Waals surface area contributed by atoms with Crippen molar-refractivity contribution in [2.75, 3.05) is 6.54 Å². The Balaban J connectivity index is 2.09. The molecule has 3 heteroatoms. The van der Waals surface area contributed by atoms with Crippen molar-refractivity contribution in [3.63, 3.8) is 0 Å². The smallest absolute Gasteiger partial charge is 0.226 e. The van der Waals surface area contributed by atoms with E-state index in [4.69, 9.17) is 0 Å². The van der Waals surface area contributed by atoms with E-state index in [2.05, 4.69) is 0 Å². The van der Waals surface area contributed by atoms with Crippen LogP contribution in [0.5, 0.6) is 0 Å². The van der Waals surface area contributed by atoms with Crippen LogP contribution >= 0.6 is 0 Å². The lowest BCUT2D eigenvalue weighted by Crippen LogP contribution is -2.57. The number of hydrogen-bond donors (Lipinski definition) is 0. The SMILES string of the molecule is CC1(C)C(=O)CCCN1C(=O)C1CCCCC1. The number of likely N-dealkylation sites (tertiary alicyclic amines) is 1. The summed E-state index contributed by atoms with van der Waals surface area (Å²) in [7, 11) is 0. The fourth-order valence-corrected chi connectivity index (χ4v) is 3.09. The molecule has 0 atom stereocenters. The van der Waals surface area contributed by atoms with Crippen molar-refractivity contribution in [1.29, 1.82) is 0 Å². The minimum atomic E-state index is -0.577. The maximum absolute atomic E-state index is 12.5. The third-order valence-electron chi connectivity index (χ3n) is 4.36. The van der Waals surface area contributed by atoms with Gasteiger partial charge in [0, 0.05) is 18.9 Å². The van der Waals surface area contributed by atoms with Gasteiger partial charge in [-0.2, -0.15) is 0 Å². The third-order valence-corrected chi connectivity index (χ3v) is 4.36. The van der Waals surface area contributed by atoms with Crippen LogP contribution in [0, 0.1) is 5.92 Å². The van der Waals surface area contributed by atoms with E-state index in [-0.39, 0.29) is 17.6 Å². The van der Waals surface area contributed by atoms with Crippen LogP contribution in [0.1, 0.15) is 58.8 Å². The van der Waals surface area contributed by atoms with Crippen molar-refractivity contribution in [3.05, 3.63) is 0 Å². The monoisotopic (exact) mass is 237 g/mol. The summed E-state index contributed by atoms with van der Waals surface area (Å²) in [5, 5.41) is 0. The average Bonchev–Trinajstić information content (AvgIpc) is 2.33. The fourth-order valence-electron chi connectivity index (χ4n) is 3.09. The maximum Gasteiger partial charge on any atom is 0.226 e. The number of ketones is 1. The van der Waals surface area contributed by atoms with Crippen LogP contribution in [-0.4, -0.2) is 28.7 Å². The summed E-state index contributed by atoms with van der Waals surface area (Å²) in [6, 6.07) is 0. The zero-order valence-electron chi connectivity index (χ0n) is 11.0. The van der Waals surface area contributed by atoms with Crippen molar-refractivity contribution < 1.29 is 9.59 Å². The normalized spacial score (nSPS) is 26.0. The molecule has 1 amide bonds. The summed E-state index contributed by atoms with van der Waals surface area (Å²) < 4.78 is 0. The first-order valence-electron chi connectivity index (χ1n) is 6.88. The molecule has 3 nitrogen and oxygen atoms in total. The van der Waals surface area contributed by atoms with Crippen molar-refractivity contribution in [3.8, 4) is 0 Å². The molecule has 0 unspecified atom stereocenters. The fraction of sp³-hybridized carbons (Fsp3) is 0.857. The van der Waals surface area contributed by atoms with Crippen molar-refractivity contribution in [2.24, 2.45) is 5.92 Å². The molecule has 2 fully saturated rings. The van der Waals surface area contributed by atoms with E-state index in [9.17, 15) is 9.59 Å². The van der Waals surface area contributed by atoms with Gasteiger partial charge in [-0.05, 0) is 33.1 Å². The standard InChI is InChI=1S/C14H23NO2/c1-14(2)12(16)9-6-10-15(14)13(17)11-7-4-3-5-8-11/h11H,3-10H2,1-2H3. The predicted octanol–water partition coefficient (Wildman–Crippen LogP) is 2.54. The van der Waals surface area contributed by atoms with E-state index >= 15 is 0 Å². The van der Waals surface area contributed by atoms with Gasteiger partial charge >= 0.3 is 0 Å². The van der Waals surface area contributed by atoms with Crippen LogP contribution < -0.4 is 0 Å². The number of piperidine rings is 1.